The molecule has 4 nitrogen and oxygen atoms in total. The molecular weight excluding hydrogens is 282 g/mol. The van der Waals surface area contributed by atoms with Crippen molar-refractivity contribution < 1.29 is 4.74 Å². The zero-order valence-corrected chi connectivity index (χ0v) is 13.9. The van der Waals surface area contributed by atoms with Gasteiger partial charge in [0, 0.05) is 18.7 Å². The lowest BCUT2D eigenvalue weighted by atomic mass is 9.88. The maximum Gasteiger partial charge on any atom is 0.191 e. The van der Waals surface area contributed by atoms with Crippen LogP contribution in [0.5, 0.6) is 0 Å². The van der Waals surface area contributed by atoms with Crippen LogP contribution < -0.4 is 0 Å². The molecule has 0 radical (unpaired) electrons. The van der Waals surface area contributed by atoms with Crippen LogP contribution in [0.1, 0.15) is 57.7 Å². The van der Waals surface area contributed by atoms with Crippen molar-refractivity contribution in [3.05, 3.63) is 5.82 Å². The third kappa shape index (κ3) is 4.01. The van der Waals surface area contributed by atoms with Gasteiger partial charge in [-0.05, 0) is 31.6 Å². The molecule has 118 valence electrons. The number of aromatic nitrogens is 3. The fourth-order valence-electron chi connectivity index (χ4n) is 3.43. The Labute approximate surface area is 132 Å². The lowest BCUT2D eigenvalue weighted by molar-refractivity contribution is 0.00345. The molecule has 0 aromatic carbocycles. The largest absolute Gasteiger partial charge is 0.377 e. The molecule has 1 aromatic heterocycles. The Bertz CT molecular complexity index is 449. The summed E-state index contributed by atoms with van der Waals surface area (Å²) < 4.78 is 8.40. The van der Waals surface area contributed by atoms with E-state index < -0.39 is 0 Å². The molecule has 2 heterocycles. The molecule has 0 bridgehead atoms. The van der Waals surface area contributed by atoms with Gasteiger partial charge in [-0.15, -0.1) is 10.2 Å². The van der Waals surface area contributed by atoms with Gasteiger partial charge >= 0.3 is 0 Å². The molecule has 1 aliphatic heterocycles. The molecule has 1 aromatic rings. The molecule has 0 saturated heterocycles. The van der Waals surface area contributed by atoms with Crippen LogP contribution in [0.3, 0.4) is 0 Å². The fourth-order valence-corrected chi connectivity index (χ4v) is 4.24. The lowest BCUT2D eigenvalue weighted by Gasteiger charge is -2.28. The molecule has 1 fully saturated rings. The summed E-state index contributed by atoms with van der Waals surface area (Å²) in [4.78, 5) is 0. The SMILES string of the molecule is CC1CCCCC1OCCSc1nnc2n1CCCCC2. The van der Waals surface area contributed by atoms with Crippen molar-refractivity contribution in [3.63, 3.8) is 0 Å². The third-order valence-corrected chi connectivity index (χ3v) is 5.69. The summed E-state index contributed by atoms with van der Waals surface area (Å²) in [6, 6.07) is 0. The topological polar surface area (TPSA) is 39.9 Å². The first kappa shape index (κ1) is 15.3. The van der Waals surface area contributed by atoms with Crippen LogP contribution in [0, 0.1) is 5.92 Å². The van der Waals surface area contributed by atoms with Crippen LogP contribution in [0.4, 0.5) is 0 Å². The molecule has 5 heteroatoms. The van der Waals surface area contributed by atoms with Crippen LogP contribution in [-0.4, -0.2) is 33.2 Å². The maximum atomic E-state index is 6.08. The van der Waals surface area contributed by atoms with E-state index in [1.807, 2.05) is 0 Å². The number of rotatable bonds is 5. The molecule has 0 amide bonds. The van der Waals surface area contributed by atoms with E-state index in [0.717, 1.165) is 36.4 Å². The van der Waals surface area contributed by atoms with Gasteiger partial charge in [0.1, 0.15) is 5.82 Å². The Morgan fingerprint density at radius 3 is 2.95 bits per heavy atom. The van der Waals surface area contributed by atoms with E-state index in [1.54, 1.807) is 11.8 Å². The average molecular weight is 309 g/mol. The van der Waals surface area contributed by atoms with Gasteiger partial charge in [-0.3, -0.25) is 0 Å². The fraction of sp³-hybridized carbons (Fsp3) is 0.875. The van der Waals surface area contributed by atoms with E-state index in [4.69, 9.17) is 4.74 Å². The van der Waals surface area contributed by atoms with Crippen molar-refractivity contribution in [1.29, 1.82) is 0 Å². The zero-order chi connectivity index (χ0) is 14.5. The van der Waals surface area contributed by atoms with Gasteiger partial charge in [0.05, 0.1) is 12.7 Å². The smallest absolute Gasteiger partial charge is 0.191 e. The number of thioether (sulfide) groups is 1. The van der Waals surface area contributed by atoms with E-state index in [9.17, 15) is 0 Å². The van der Waals surface area contributed by atoms with Gasteiger partial charge < -0.3 is 9.30 Å². The normalized spacial score (nSPS) is 26.3. The van der Waals surface area contributed by atoms with Gasteiger partial charge in [0.2, 0.25) is 0 Å². The summed E-state index contributed by atoms with van der Waals surface area (Å²) in [6.45, 7) is 4.25. The highest BCUT2D eigenvalue weighted by Crippen LogP contribution is 2.27. The first-order valence-corrected chi connectivity index (χ1v) is 9.49. The second kappa shape index (κ2) is 7.63. The van der Waals surface area contributed by atoms with Gasteiger partial charge in [-0.25, -0.2) is 0 Å². The lowest BCUT2D eigenvalue weighted by Crippen LogP contribution is -2.26. The van der Waals surface area contributed by atoms with Gasteiger partial charge in [0.25, 0.3) is 0 Å². The number of ether oxygens (including phenoxy) is 1. The molecule has 2 aliphatic rings. The summed E-state index contributed by atoms with van der Waals surface area (Å²) in [6.07, 6.45) is 10.7. The average Bonchev–Trinajstić information content (AvgIpc) is 2.73. The number of nitrogens with zero attached hydrogens (tertiary/aromatic N) is 3. The zero-order valence-electron chi connectivity index (χ0n) is 13.1. The van der Waals surface area contributed by atoms with Crippen molar-refractivity contribution >= 4 is 11.8 Å². The summed E-state index contributed by atoms with van der Waals surface area (Å²) in [5, 5.41) is 9.80. The molecule has 3 rings (SSSR count). The van der Waals surface area contributed by atoms with Gasteiger partial charge in [-0.1, -0.05) is 37.9 Å². The van der Waals surface area contributed by atoms with Crippen molar-refractivity contribution in [2.75, 3.05) is 12.4 Å². The van der Waals surface area contributed by atoms with E-state index >= 15 is 0 Å². The predicted octanol–water partition coefficient (Wildman–Crippen LogP) is 3.69. The molecule has 2 unspecified atom stereocenters. The highest BCUT2D eigenvalue weighted by atomic mass is 32.2. The van der Waals surface area contributed by atoms with E-state index in [-0.39, 0.29) is 0 Å². The van der Waals surface area contributed by atoms with Crippen LogP contribution in [0.15, 0.2) is 5.16 Å². The minimum absolute atomic E-state index is 0.481. The van der Waals surface area contributed by atoms with E-state index in [0.29, 0.717) is 6.10 Å². The second-order valence-corrected chi connectivity index (χ2v) is 7.44. The molecule has 0 N–H and O–H groups in total. The van der Waals surface area contributed by atoms with Crippen LogP contribution in [0.25, 0.3) is 0 Å². The number of hydrogen-bond acceptors (Lipinski definition) is 4. The predicted molar refractivity (Wildman–Crippen MR) is 85.7 cm³/mol. The van der Waals surface area contributed by atoms with Crippen molar-refractivity contribution in [3.8, 4) is 0 Å². The quantitative estimate of drug-likeness (QED) is 0.614. The first-order valence-electron chi connectivity index (χ1n) is 8.51. The summed E-state index contributed by atoms with van der Waals surface area (Å²) in [5.74, 6) is 2.89. The Kier molecular flexibility index (Phi) is 5.58. The number of aryl methyl sites for hydroxylation is 1. The number of fused-ring (bicyclic) bond motifs is 1. The Balaban J connectivity index is 1.44. The minimum Gasteiger partial charge on any atom is -0.377 e. The van der Waals surface area contributed by atoms with E-state index in [1.165, 1.54) is 50.8 Å². The molecular formula is C16H27N3OS. The third-order valence-electron chi connectivity index (χ3n) is 4.75. The monoisotopic (exact) mass is 309 g/mol. The summed E-state index contributed by atoms with van der Waals surface area (Å²) >= 11 is 1.81. The summed E-state index contributed by atoms with van der Waals surface area (Å²) in [7, 11) is 0. The molecule has 1 aliphatic carbocycles. The van der Waals surface area contributed by atoms with Gasteiger partial charge in [-0.2, -0.15) is 0 Å². The highest BCUT2D eigenvalue weighted by molar-refractivity contribution is 7.99. The van der Waals surface area contributed by atoms with Crippen LogP contribution in [0.2, 0.25) is 0 Å². The van der Waals surface area contributed by atoms with Crippen molar-refractivity contribution in [1.82, 2.24) is 14.8 Å². The Morgan fingerprint density at radius 1 is 1.14 bits per heavy atom. The van der Waals surface area contributed by atoms with Crippen LogP contribution in [-0.2, 0) is 17.7 Å². The van der Waals surface area contributed by atoms with Crippen molar-refractivity contribution in [2.45, 2.75) is 76.1 Å². The maximum absolute atomic E-state index is 6.08. The molecule has 0 spiro atoms. The van der Waals surface area contributed by atoms with Gasteiger partial charge in [0.15, 0.2) is 5.16 Å². The minimum atomic E-state index is 0.481. The molecule has 21 heavy (non-hydrogen) atoms. The molecule has 2 atom stereocenters. The Hall–Kier alpha value is -0.550. The summed E-state index contributed by atoms with van der Waals surface area (Å²) in [5.41, 5.74) is 0. The second-order valence-electron chi connectivity index (χ2n) is 6.38. The van der Waals surface area contributed by atoms with E-state index in [2.05, 4.69) is 21.7 Å². The van der Waals surface area contributed by atoms with Crippen LogP contribution >= 0.6 is 11.8 Å². The number of hydrogen-bond donors (Lipinski definition) is 0. The highest BCUT2D eigenvalue weighted by Gasteiger charge is 2.21. The Morgan fingerprint density at radius 2 is 2.05 bits per heavy atom. The van der Waals surface area contributed by atoms with Crippen molar-refractivity contribution in [2.24, 2.45) is 5.92 Å². The standard InChI is InChI=1S/C16H27N3OS/c1-13-7-4-5-8-14(13)20-11-12-21-16-18-17-15-9-3-2-6-10-19(15)16/h13-14H,2-12H2,1H3. The first-order chi connectivity index (χ1) is 10.3. The molecule has 1 saturated carbocycles.